The molecule has 3 rings (SSSR count). The number of oxazole rings is 1. The number of carbonyl (C=O) groups is 1. The van der Waals surface area contributed by atoms with E-state index >= 15 is 0 Å². The van der Waals surface area contributed by atoms with E-state index in [-0.39, 0.29) is 5.91 Å². The van der Waals surface area contributed by atoms with Gasteiger partial charge in [0.25, 0.3) is 0 Å². The lowest BCUT2D eigenvalue weighted by Gasteiger charge is -2.32. The third kappa shape index (κ3) is 5.02. The van der Waals surface area contributed by atoms with Crippen molar-refractivity contribution in [3.8, 4) is 11.5 Å². The third-order valence-electron chi connectivity index (χ3n) is 5.47. The van der Waals surface area contributed by atoms with Gasteiger partial charge >= 0.3 is 0 Å². The zero-order valence-electron chi connectivity index (χ0n) is 17.5. The molecule has 1 saturated heterocycles. The summed E-state index contributed by atoms with van der Waals surface area (Å²) in [5.74, 6) is 2.36. The molecule has 1 amide bonds. The summed E-state index contributed by atoms with van der Waals surface area (Å²) in [5, 5.41) is 0. The second-order valence-corrected chi connectivity index (χ2v) is 7.98. The summed E-state index contributed by atoms with van der Waals surface area (Å²) in [5.41, 5.74) is 2.97. The van der Waals surface area contributed by atoms with Crippen molar-refractivity contribution in [3.63, 3.8) is 0 Å². The van der Waals surface area contributed by atoms with Crippen LogP contribution in [-0.4, -0.2) is 42.1 Å². The van der Waals surface area contributed by atoms with Gasteiger partial charge in [-0.2, -0.15) is 0 Å². The molecule has 2 heterocycles. The van der Waals surface area contributed by atoms with Crippen molar-refractivity contribution in [1.29, 1.82) is 0 Å². The second-order valence-electron chi connectivity index (χ2n) is 7.98. The second kappa shape index (κ2) is 9.37. The first kappa shape index (κ1) is 20.6. The van der Waals surface area contributed by atoms with Crippen molar-refractivity contribution < 1.29 is 13.9 Å². The van der Waals surface area contributed by atoms with Gasteiger partial charge in [-0.15, -0.1) is 0 Å². The van der Waals surface area contributed by atoms with Crippen LogP contribution in [0.5, 0.6) is 0 Å². The molecule has 0 spiro atoms. The first-order chi connectivity index (χ1) is 13.5. The van der Waals surface area contributed by atoms with Gasteiger partial charge in [0, 0.05) is 25.3 Å². The summed E-state index contributed by atoms with van der Waals surface area (Å²) < 4.78 is 11.4. The molecule has 1 atom stereocenters. The van der Waals surface area contributed by atoms with Gasteiger partial charge in [0.05, 0.1) is 18.7 Å². The zero-order valence-corrected chi connectivity index (χ0v) is 17.5. The molecule has 28 heavy (non-hydrogen) atoms. The number of likely N-dealkylation sites (tertiary alicyclic amines) is 1. The highest BCUT2D eigenvalue weighted by molar-refractivity contribution is 5.78. The SMILES string of the molecule is CCOCC1CCCN(C(=O)Cc2nc(-c3ccc(C(C)C)cc3)oc2C)C1. The van der Waals surface area contributed by atoms with Gasteiger partial charge in [-0.05, 0) is 56.2 Å². The van der Waals surface area contributed by atoms with Crippen LogP contribution in [0.4, 0.5) is 0 Å². The molecule has 1 fully saturated rings. The molecular formula is C23H32N2O3. The quantitative estimate of drug-likeness (QED) is 0.700. The summed E-state index contributed by atoms with van der Waals surface area (Å²) in [6.07, 6.45) is 2.46. The molecule has 2 aromatic rings. The molecule has 0 radical (unpaired) electrons. The van der Waals surface area contributed by atoms with Crippen molar-refractivity contribution >= 4 is 5.91 Å². The molecule has 1 aliphatic heterocycles. The molecule has 152 valence electrons. The lowest BCUT2D eigenvalue weighted by Crippen LogP contribution is -2.42. The monoisotopic (exact) mass is 384 g/mol. The third-order valence-corrected chi connectivity index (χ3v) is 5.47. The van der Waals surface area contributed by atoms with Gasteiger partial charge in [0.2, 0.25) is 11.8 Å². The Labute approximate surface area is 168 Å². The van der Waals surface area contributed by atoms with Crippen LogP contribution in [0, 0.1) is 12.8 Å². The molecular weight excluding hydrogens is 352 g/mol. The smallest absolute Gasteiger partial charge is 0.228 e. The van der Waals surface area contributed by atoms with Crippen LogP contribution in [0.3, 0.4) is 0 Å². The molecule has 0 aliphatic carbocycles. The highest BCUT2D eigenvalue weighted by Gasteiger charge is 2.25. The van der Waals surface area contributed by atoms with Gasteiger partial charge in [0.15, 0.2) is 0 Å². The van der Waals surface area contributed by atoms with E-state index in [1.165, 1.54) is 5.56 Å². The van der Waals surface area contributed by atoms with Crippen LogP contribution in [0.2, 0.25) is 0 Å². The van der Waals surface area contributed by atoms with E-state index in [1.807, 2.05) is 30.9 Å². The minimum atomic E-state index is 0.124. The number of benzene rings is 1. The minimum absolute atomic E-state index is 0.124. The number of ether oxygens (including phenoxy) is 1. The summed E-state index contributed by atoms with van der Waals surface area (Å²) in [6, 6.07) is 8.29. The number of aromatic nitrogens is 1. The summed E-state index contributed by atoms with van der Waals surface area (Å²) in [4.78, 5) is 19.4. The van der Waals surface area contributed by atoms with Crippen LogP contribution < -0.4 is 0 Å². The van der Waals surface area contributed by atoms with E-state index in [1.54, 1.807) is 0 Å². The largest absolute Gasteiger partial charge is 0.441 e. The fourth-order valence-electron chi connectivity index (χ4n) is 3.69. The molecule has 0 bridgehead atoms. The number of hydrogen-bond donors (Lipinski definition) is 0. The normalized spacial score (nSPS) is 17.3. The van der Waals surface area contributed by atoms with Gasteiger partial charge in [-0.3, -0.25) is 4.79 Å². The number of carbonyl (C=O) groups excluding carboxylic acids is 1. The van der Waals surface area contributed by atoms with Crippen LogP contribution in [-0.2, 0) is 16.0 Å². The van der Waals surface area contributed by atoms with Gasteiger partial charge < -0.3 is 14.1 Å². The Hall–Kier alpha value is -2.14. The number of hydrogen-bond acceptors (Lipinski definition) is 4. The van der Waals surface area contributed by atoms with E-state index in [0.29, 0.717) is 24.1 Å². The van der Waals surface area contributed by atoms with E-state index in [0.717, 1.165) is 56.2 Å². The lowest BCUT2D eigenvalue weighted by atomic mass is 9.98. The Morgan fingerprint density at radius 2 is 2.07 bits per heavy atom. The Morgan fingerprint density at radius 1 is 1.32 bits per heavy atom. The van der Waals surface area contributed by atoms with Crippen LogP contribution in [0.15, 0.2) is 28.7 Å². The Balaban J connectivity index is 1.65. The average Bonchev–Trinajstić information content (AvgIpc) is 3.07. The van der Waals surface area contributed by atoms with Crippen molar-refractivity contribution in [2.24, 2.45) is 5.92 Å². The number of amides is 1. The Bertz CT molecular complexity index is 780. The zero-order chi connectivity index (χ0) is 20.1. The number of nitrogens with zero attached hydrogens (tertiary/aromatic N) is 2. The fraction of sp³-hybridized carbons (Fsp3) is 0.565. The van der Waals surface area contributed by atoms with Crippen molar-refractivity contribution in [1.82, 2.24) is 9.88 Å². The summed E-state index contributed by atoms with van der Waals surface area (Å²) in [7, 11) is 0. The number of aryl methyl sites for hydroxylation is 1. The van der Waals surface area contributed by atoms with Crippen molar-refractivity contribution in [2.75, 3.05) is 26.3 Å². The van der Waals surface area contributed by atoms with E-state index < -0.39 is 0 Å². The van der Waals surface area contributed by atoms with Gasteiger partial charge in [-0.1, -0.05) is 26.0 Å². The minimum Gasteiger partial charge on any atom is -0.441 e. The molecule has 0 N–H and O–H groups in total. The molecule has 1 aliphatic rings. The van der Waals surface area contributed by atoms with E-state index in [2.05, 4.69) is 31.0 Å². The van der Waals surface area contributed by atoms with Crippen molar-refractivity contribution in [3.05, 3.63) is 41.3 Å². The van der Waals surface area contributed by atoms with Crippen LogP contribution in [0.25, 0.3) is 11.5 Å². The number of rotatable bonds is 7. The lowest BCUT2D eigenvalue weighted by molar-refractivity contribution is -0.132. The maximum absolute atomic E-state index is 12.8. The molecule has 1 aromatic heterocycles. The maximum atomic E-state index is 12.8. The van der Waals surface area contributed by atoms with Crippen LogP contribution >= 0.6 is 0 Å². The topological polar surface area (TPSA) is 55.6 Å². The summed E-state index contributed by atoms with van der Waals surface area (Å²) >= 11 is 0. The predicted molar refractivity (Wildman–Crippen MR) is 110 cm³/mol. The molecule has 0 saturated carbocycles. The Morgan fingerprint density at radius 3 is 2.75 bits per heavy atom. The van der Waals surface area contributed by atoms with Gasteiger partial charge in [0.1, 0.15) is 5.76 Å². The molecule has 5 nitrogen and oxygen atoms in total. The number of piperidine rings is 1. The summed E-state index contributed by atoms with van der Waals surface area (Å²) in [6.45, 7) is 11.3. The van der Waals surface area contributed by atoms with E-state index in [4.69, 9.17) is 9.15 Å². The molecule has 1 unspecified atom stereocenters. The average molecular weight is 385 g/mol. The highest BCUT2D eigenvalue weighted by Crippen LogP contribution is 2.25. The standard InChI is InChI=1S/C23H32N2O3/c1-5-27-15-18-7-6-12-25(14-18)22(26)13-21-17(4)28-23(24-21)20-10-8-19(9-11-20)16(2)3/h8-11,16,18H,5-7,12-15H2,1-4H3. The molecule has 5 heteroatoms. The van der Waals surface area contributed by atoms with E-state index in [9.17, 15) is 4.79 Å². The maximum Gasteiger partial charge on any atom is 0.228 e. The first-order valence-corrected chi connectivity index (χ1v) is 10.4. The highest BCUT2D eigenvalue weighted by atomic mass is 16.5. The fourth-order valence-corrected chi connectivity index (χ4v) is 3.69. The van der Waals surface area contributed by atoms with Crippen LogP contribution in [0.1, 0.15) is 56.5 Å². The molecule has 1 aromatic carbocycles. The Kier molecular flexibility index (Phi) is 6.89. The predicted octanol–water partition coefficient (Wildman–Crippen LogP) is 4.59. The first-order valence-electron chi connectivity index (χ1n) is 10.4. The van der Waals surface area contributed by atoms with Gasteiger partial charge in [-0.25, -0.2) is 4.98 Å². The van der Waals surface area contributed by atoms with Crippen molar-refractivity contribution in [2.45, 2.75) is 52.9 Å².